The number of benzene rings is 1. The number of nitrogens with two attached hydrogens (primary N) is 1. The maximum absolute atomic E-state index is 12.2. The van der Waals surface area contributed by atoms with E-state index in [0.29, 0.717) is 6.42 Å². The molecule has 1 saturated carbocycles. The Balaban J connectivity index is 1.65. The third kappa shape index (κ3) is 2.67. The van der Waals surface area contributed by atoms with Crippen molar-refractivity contribution in [2.75, 3.05) is 10.6 Å². The number of carbonyl (C=O) groups excluding carboxylic acids is 2. The average Bonchev–Trinajstić information content (AvgIpc) is 2.78. The highest BCUT2D eigenvalue weighted by atomic mass is 16.2. The van der Waals surface area contributed by atoms with Gasteiger partial charge in [0.2, 0.25) is 11.8 Å². The zero-order chi connectivity index (χ0) is 14.1. The Morgan fingerprint density at radius 2 is 2.00 bits per heavy atom. The summed E-state index contributed by atoms with van der Waals surface area (Å²) in [6, 6.07) is 5.79. The number of nitrogens with one attached hydrogen (secondary N) is 2. The molecular formula is C15H19N3O2. The van der Waals surface area contributed by atoms with Crippen molar-refractivity contribution in [3.05, 3.63) is 23.8 Å². The molecule has 1 aromatic rings. The maximum Gasteiger partial charge on any atom is 0.228 e. The first-order chi connectivity index (χ1) is 9.61. The number of hydrogen-bond donors (Lipinski definition) is 3. The third-order valence-electron chi connectivity index (χ3n) is 4.14. The van der Waals surface area contributed by atoms with Gasteiger partial charge in [-0.1, -0.05) is 0 Å². The first-order valence-electron chi connectivity index (χ1n) is 7.11. The van der Waals surface area contributed by atoms with Crippen LogP contribution in [0.25, 0.3) is 0 Å². The van der Waals surface area contributed by atoms with Crippen molar-refractivity contribution in [3.63, 3.8) is 0 Å². The molecule has 5 nitrogen and oxygen atoms in total. The first kappa shape index (κ1) is 13.1. The molecule has 20 heavy (non-hydrogen) atoms. The Morgan fingerprint density at radius 3 is 2.75 bits per heavy atom. The van der Waals surface area contributed by atoms with E-state index in [2.05, 4.69) is 10.6 Å². The number of amides is 2. The van der Waals surface area contributed by atoms with Crippen LogP contribution in [0, 0.1) is 5.92 Å². The lowest BCUT2D eigenvalue weighted by Gasteiger charge is -2.25. The molecule has 0 radical (unpaired) electrons. The van der Waals surface area contributed by atoms with Gasteiger partial charge in [-0.2, -0.15) is 0 Å². The van der Waals surface area contributed by atoms with Gasteiger partial charge in [-0.15, -0.1) is 0 Å². The molecule has 1 fully saturated rings. The summed E-state index contributed by atoms with van der Waals surface area (Å²) >= 11 is 0. The van der Waals surface area contributed by atoms with E-state index in [1.165, 1.54) is 0 Å². The number of fused-ring (bicyclic) bond motifs is 1. The summed E-state index contributed by atoms with van der Waals surface area (Å²) in [4.78, 5) is 23.5. The highest BCUT2D eigenvalue weighted by molar-refractivity contribution is 6.00. The smallest absolute Gasteiger partial charge is 0.228 e. The van der Waals surface area contributed by atoms with Gasteiger partial charge < -0.3 is 16.4 Å². The second-order valence-corrected chi connectivity index (χ2v) is 5.70. The van der Waals surface area contributed by atoms with Gasteiger partial charge in [0, 0.05) is 23.3 Å². The Hall–Kier alpha value is -1.88. The monoisotopic (exact) mass is 273 g/mol. The third-order valence-corrected chi connectivity index (χ3v) is 4.14. The van der Waals surface area contributed by atoms with E-state index >= 15 is 0 Å². The highest BCUT2D eigenvalue weighted by Gasteiger charge is 2.25. The Morgan fingerprint density at radius 1 is 1.25 bits per heavy atom. The zero-order valence-electron chi connectivity index (χ0n) is 11.3. The van der Waals surface area contributed by atoms with Crippen molar-refractivity contribution in [1.29, 1.82) is 0 Å². The quantitative estimate of drug-likeness (QED) is 0.765. The van der Waals surface area contributed by atoms with Gasteiger partial charge in [0.1, 0.15) is 0 Å². The number of hydrogen-bond acceptors (Lipinski definition) is 3. The summed E-state index contributed by atoms with van der Waals surface area (Å²) in [6.07, 6.45) is 3.94. The highest BCUT2D eigenvalue weighted by Crippen LogP contribution is 2.28. The normalized spacial score (nSPS) is 24.9. The van der Waals surface area contributed by atoms with Crippen molar-refractivity contribution >= 4 is 23.2 Å². The lowest BCUT2D eigenvalue weighted by molar-refractivity contribution is -0.120. The molecule has 1 aliphatic heterocycles. The van der Waals surface area contributed by atoms with Crippen LogP contribution < -0.4 is 16.4 Å². The average molecular weight is 273 g/mol. The minimum Gasteiger partial charge on any atom is -0.328 e. The molecule has 2 amide bonds. The maximum atomic E-state index is 12.2. The van der Waals surface area contributed by atoms with Crippen LogP contribution in [-0.2, 0) is 16.0 Å². The topological polar surface area (TPSA) is 84.2 Å². The SMILES string of the molecule is N[C@H]1CC[C@H](C(=O)Nc2ccc3c(c2)CC(=O)N3)CC1. The summed E-state index contributed by atoms with van der Waals surface area (Å²) in [7, 11) is 0. The van der Waals surface area contributed by atoms with Gasteiger partial charge in [-0.25, -0.2) is 0 Å². The van der Waals surface area contributed by atoms with Gasteiger partial charge in [-0.05, 0) is 49.4 Å². The van der Waals surface area contributed by atoms with Crippen LogP contribution in [0.15, 0.2) is 18.2 Å². The number of rotatable bonds is 2. The zero-order valence-corrected chi connectivity index (χ0v) is 11.3. The van der Waals surface area contributed by atoms with Crippen LogP contribution >= 0.6 is 0 Å². The lowest BCUT2D eigenvalue weighted by Crippen LogP contribution is -2.32. The summed E-state index contributed by atoms with van der Waals surface area (Å²) < 4.78 is 0. The fourth-order valence-electron chi connectivity index (χ4n) is 2.93. The number of anilines is 2. The van der Waals surface area contributed by atoms with Crippen molar-refractivity contribution in [2.45, 2.75) is 38.1 Å². The fraction of sp³-hybridized carbons (Fsp3) is 0.467. The molecule has 1 heterocycles. The van der Waals surface area contributed by atoms with Crippen molar-refractivity contribution in [2.24, 2.45) is 11.7 Å². The molecule has 0 atom stereocenters. The van der Waals surface area contributed by atoms with E-state index in [4.69, 9.17) is 5.73 Å². The molecule has 0 saturated heterocycles. The molecule has 5 heteroatoms. The predicted octanol–water partition coefficient (Wildman–Crippen LogP) is 1.64. The van der Waals surface area contributed by atoms with Crippen LogP contribution in [0.2, 0.25) is 0 Å². The molecule has 106 valence electrons. The van der Waals surface area contributed by atoms with Gasteiger partial charge in [-0.3, -0.25) is 9.59 Å². The second-order valence-electron chi connectivity index (χ2n) is 5.70. The van der Waals surface area contributed by atoms with E-state index in [1.54, 1.807) is 0 Å². The number of carbonyl (C=O) groups is 2. The first-order valence-corrected chi connectivity index (χ1v) is 7.11. The Bertz CT molecular complexity index is 548. The fourth-order valence-corrected chi connectivity index (χ4v) is 2.93. The molecule has 1 aliphatic carbocycles. The molecule has 3 rings (SSSR count). The van der Waals surface area contributed by atoms with Gasteiger partial charge >= 0.3 is 0 Å². The summed E-state index contributed by atoms with van der Waals surface area (Å²) in [6.45, 7) is 0. The van der Waals surface area contributed by atoms with E-state index in [1.807, 2.05) is 18.2 Å². The molecule has 0 unspecified atom stereocenters. The van der Waals surface area contributed by atoms with Gasteiger partial charge in [0.25, 0.3) is 0 Å². The van der Waals surface area contributed by atoms with E-state index in [9.17, 15) is 9.59 Å². The van der Waals surface area contributed by atoms with E-state index in [-0.39, 0.29) is 23.8 Å². The molecule has 4 N–H and O–H groups in total. The van der Waals surface area contributed by atoms with E-state index < -0.39 is 0 Å². The summed E-state index contributed by atoms with van der Waals surface area (Å²) in [5.41, 5.74) is 8.40. The molecule has 0 aromatic heterocycles. The van der Waals surface area contributed by atoms with Crippen LogP contribution in [0.3, 0.4) is 0 Å². The minimum atomic E-state index is 0.00439. The van der Waals surface area contributed by atoms with Crippen molar-refractivity contribution in [1.82, 2.24) is 0 Å². The van der Waals surface area contributed by atoms with Crippen molar-refractivity contribution in [3.8, 4) is 0 Å². The standard InChI is InChI=1S/C15H19N3O2/c16-11-3-1-9(2-4-11)15(20)17-12-5-6-13-10(7-12)8-14(19)18-13/h5-7,9,11H,1-4,8,16H2,(H,17,20)(H,18,19)/t9-,11-. The predicted molar refractivity (Wildman–Crippen MR) is 77.3 cm³/mol. The van der Waals surface area contributed by atoms with Gasteiger partial charge in [0.15, 0.2) is 0 Å². The summed E-state index contributed by atoms with van der Waals surface area (Å²) in [5.74, 6) is 0.127. The van der Waals surface area contributed by atoms with E-state index in [0.717, 1.165) is 42.6 Å². The molecule has 1 aromatic carbocycles. The molecule has 0 spiro atoms. The Kier molecular flexibility index (Phi) is 3.44. The Labute approximate surface area is 117 Å². The van der Waals surface area contributed by atoms with Crippen LogP contribution in [0.4, 0.5) is 11.4 Å². The van der Waals surface area contributed by atoms with Crippen LogP contribution in [0.1, 0.15) is 31.2 Å². The molecule has 2 aliphatic rings. The minimum absolute atomic E-state index is 0.00439. The molecule has 0 bridgehead atoms. The lowest BCUT2D eigenvalue weighted by atomic mass is 9.86. The van der Waals surface area contributed by atoms with Gasteiger partial charge in [0.05, 0.1) is 6.42 Å². The molecular weight excluding hydrogens is 254 g/mol. The summed E-state index contributed by atoms with van der Waals surface area (Å²) in [5, 5.41) is 5.73. The van der Waals surface area contributed by atoms with Crippen molar-refractivity contribution < 1.29 is 9.59 Å². The largest absolute Gasteiger partial charge is 0.328 e. The van der Waals surface area contributed by atoms with Crippen LogP contribution in [-0.4, -0.2) is 17.9 Å². The van der Waals surface area contributed by atoms with Crippen LogP contribution in [0.5, 0.6) is 0 Å². The second kappa shape index (κ2) is 5.25.